The minimum absolute atomic E-state index is 0.134. The van der Waals surface area contributed by atoms with E-state index in [4.69, 9.17) is 11.6 Å². The molecule has 126 valence electrons. The highest BCUT2D eigenvalue weighted by atomic mass is 35.5. The summed E-state index contributed by atoms with van der Waals surface area (Å²) < 4.78 is 0. The summed E-state index contributed by atoms with van der Waals surface area (Å²) in [5.41, 5.74) is 2.19. The Morgan fingerprint density at radius 2 is 1.75 bits per heavy atom. The topological polar surface area (TPSA) is 35.6 Å². The van der Waals surface area contributed by atoms with Gasteiger partial charge in [0.15, 0.2) is 0 Å². The molecular weight excluding hydrogens is 322 g/mol. The van der Waals surface area contributed by atoms with E-state index in [-0.39, 0.29) is 5.91 Å². The molecule has 0 saturated carbocycles. The van der Waals surface area contributed by atoms with Crippen molar-refractivity contribution in [3.05, 3.63) is 65.2 Å². The highest BCUT2D eigenvalue weighted by Crippen LogP contribution is 2.15. The lowest BCUT2D eigenvalue weighted by molar-refractivity contribution is -0.131. The van der Waals surface area contributed by atoms with E-state index in [0.29, 0.717) is 11.6 Å². The summed E-state index contributed by atoms with van der Waals surface area (Å²) >= 11 is 5.95. The molecule has 24 heavy (non-hydrogen) atoms. The van der Waals surface area contributed by atoms with Crippen molar-refractivity contribution < 1.29 is 4.79 Å². The molecule has 4 nitrogen and oxygen atoms in total. The van der Waals surface area contributed by atoms with Crippen LogP contribution < -0.4 is 5.32 Å². The highest BCUT2D eigenvalue weighted by molar-refractivity contribution is 6.30. The van der Waals surface area contributed by atoms with Gasteiger partial charge in [0, 0.05) is 43.4 Å². The summed E-state index contributed by atoms with van der Waals surface area (Å²) in [4.78, 5) is 16.7. The Balaban J connectivity index is 1.43. The Morgan fingerprint density at radius 3 is 2.46 bits per heavy atom. The maximum atomic E-state index is 12.3. The van der Waals surface area contributed by atoms with Gasteiger partial charge >= 0.3 is 0 Å². The van der Waals surface area contributed by atoms with Gasteiger partial charge in [0.05, 0.1) is 6.54 Å². The first-order valence-corrected chi connectivity index (χ1v) is 8.62. The first-order valence-electron chi connectivity index (χ1n) is 8.24. The average molecular weight is 344 g/mol. The van der Waals surface area contributed by atoms with E-state index in [1.54, 1.807) is 0 Å². The normalized spacial score (nSPS) is 15.3. The number of amides is 1. The molecule has 0 aliphatic carbocycles. The number of hydrogen-bond acceptors (Lipinski definition) is 3. The second-order valence-electron chi connectivity index (χ2n) is 6.01. The van der Waals surface area contributed by atoms with Crippen LogP contribution >= 0.6 is 11.6 Å². The van der Waals surface area contributed by atoms with Crippen molar-refractivity contribution in [2.75, 3.05) is 38.0 Å². The first-order chi connectivity index (χ1) is 11.7. The highest BCUT2D eigenvalue weighted by Gasteiger charge is 2.20. The molecule has 0 bridgehead atoms. The fourth-order valence-corrected chi connectivity index (χ4v) is 3.08. The van der Waals surface area contributed by atoms with Crippen LogP contribution in [0.25, 0.3) is 0 Å². The van der Waals surface area contributed by atoms with E-state index in [9.17, 15) is 4.79 Å². The Hall–Kier alpha value is -2.04. The van der Waals surface area contributed by atoms with E-state index in [0.717, 1.165) is 38.4 Å². The Kier molecular flexibility index (Phi) is 5.72. The minimum atomic E-state index is 0.134. The SMILES string of the molecule is O=C(CNc1cccc(Cl)c1)N1CCN(Cc2ccccc2)CC1. The van der Waals surface area contributed by atoms with Crippen LogP contribution in [0.2, 0.25) is 5.02 Å². The van der Waals surface area contributed by atoms with Crippen molar-refractivity contribution in [2.24, 2.45) is 0 Å². The Labute approximate surface area is 148 Å². The lowest BCUT2D eigenvalue weighted by Crippen LogP contribution is -2.49. The van der Waals surface area contributed by atoms with Gasteiger partial charge in [-0.2, -0.15) is 0 Å². The van der Waals surface area contributed by atoms with Crippen LogP contribution in [0.1, 0.15) is 5.56 Å². The molecule has 2 aromatic rings. The quantitative estimate of drug-likeness (QED) is 0.906. The first kappa shape index (κ1) is 16.8. The number of piperazine rings is 1. The van der Waals surface area contributed by atoms with Crippen LogP contribution in [-0.4, -0.2) is 48.4 Å². The zero-order valence-electron chi connectivity index (χ0n) is 13.6. The number of hydrogen-bond donors (Lipinski definition) is 1. The molecule has 0 radical (unpaired) electrons. The third kappa shape index (κ3) is 4.73. The molecule has 1 heterocycles. The maximum Gasteiger partial charge on any atom is 0.241 e. The molecule has 1 aliphatic heterocycles. The third-order valence-corrected chi connectivity index (χ3v) is 4.48. The molecule has 0 spiro atoms. The average Bonchev–Trinajstić information content (AvgIpc) is 2.61. The van der Waals surface area contributed by atoms with Crippen molar-refractivity contribution in [1.29, 1.82) is 0 Å². The van der Waals surface area contributed by atoms with Gasteiger partial charge in [0.1, 0.15) is 0 Å². The van der Waals surface area contributed by atoms with Crippen molar-refractivity contribution in [3.63, 3.8) is 0 Å². The second kappa shape index (κ2) is 8.18. The maximum absolute atomic E-state index is 12.3. The molecule has 5 heteroatoms. The zero-order chi connectivity index (χ0) is 16.8. The summed E-state index contributed by atoms with van der Waals surface area (Å²) in [6, 6.07) is 17.9. The van der Waals surface area contributed by atoms with Gasteiger partial charge in [-0.1, -0.05) is 48.0 Å². The number of halogens is 1. The molecular formula is C19H22ClN3O. The standard InChI is InChI=1S/C19H22ClN3O/c20-17-7-4-8-18(13-17)21-14-19(24)23-11-9-22(10-12-23)15-16-5-2-1-3-6-16/h1-8,13,21H,9-12,14-15H2. The van der Waals surface area contributed by atoms with Crippen molar-refractivity contribution in [1.82, 2.24) is 9.80 Å². The van der Waals surface area contributed by atoms with Crippen molar-refractivity contribution in [3.8, 4) is 0 Å². The molecule has 1 N–H and O–H groups in total. The number of nitrogens with zero attached hydrogens (tertiary/aromatic N) is 2. The molecule has 1 amide bonds. The third-order valence-electron chi connectivity index (χ3n) is 4.24. The zero-order valence-corrected chi connectivity index (χ0v) is 14.4. The van der Waals surface area contributed by atoms with Gasteiger partial charge in [0.2, 0.25) is 5.91 Å². The van der Waals surface area contributed by atoms with Gasteiger partial charge in [0.25, 0.3) is 0 Å². The van der Waals surface area contributed by atoms with Crippen LogP contribution in [0.5, 0.6) is 0 Å². The molecule has 1 saturated heterocycles. The van der Waals surface area contributed by atoms with Gasteiger partial charge in [-0.05, 0) is 23.8 Å². The van der Waals surface area contributed by atoms with Crippen molar-refractivity contribution in [2.45, 2.75) is 6.54 Å². The van der Waals surface area contributed by atoms with E-state index in [2.05, 4.69) is 34.5 Å². The number of anilines is 1. The van der Waals surface area contributed by atoms with Crippen LogP contribution in [0.15, 0.2) is 54.6 Å². The molecule has 1 aliphatic rings. The lowest BCUT2D eigenvalue weighted by atomic mass is 10.2. The van der Waals surface area contributed by atoms with Gasteiger partial charge < -0.3 is 10.2 Å². The molecule has 3 rings (SSSR count). The summed E-state index contributed by atoms with van der Waals surface area (Å²) in [6.45, 7) is 4.64. The second-order valence-corrected chi connectivity index (χ2v) is 6.44. The molecule has 0 aromatic heterocycles. The van der Waals surface area contributed by atoms with E-state index < -0.39 is 0 Å². The van der Waals surface area contributed by atoms with Gasteiger partial charge in [-0.15, -0.1) is 0 Å². The lowest BCUT2D eigenvalue weighted by Gasteiger charge is -2.34. The molecule has 0 unspecified atom stereocenters. The summed E-state index contributed by atoms with van der Waals surface area (Å²) in [5, 5.41) is 3.81. The number of benzene rings is 2. The largest absolute Gasteiger partial charge is 0.376 e. The van der Waals surface area contributed by atoms with Gasteiger partial charge in [-0.3, -0.25) is 9.69 Å². The van der Waals surface area contributed by atoms with Crippen LogP contribution in [0, 0.1) is 0 Å². The monoisotopic (exact) mass is 343 g/mol. The number of nitrogens with one attached hydrogen (secondary N) is 1. The Bertz CT molecular complexity index is 669. The van der Waals surface area contributed by atoms with Crippen LogP contribution in [-0.2, 0) is 11.3 Å². The van der Waals surface area contributed by atoms with E-state index >= 15 is 0 Å². The number of rotatable bonds is 5. The van der Waals surface area contributed by atoms with Crippen LogP contribution in [0.4, 0.5) is 5.69 Å². The van der Waals surface area contributed by atoms with Crippen LogP contribution in [0.3, 0.4) is 0 Å². The molecule has 1 fully saturated rings. The van der Waals surface area contributed by atoms with E-state index in [1.165, 1.54) is 5.56 Å². The predicted octanol–water partition coefficient (Wildman–Crippen LogP) is 3.10. The minimum Gasteiger partial charge on any atom is -0.376 e. The van der Waals surface area contributed by atoms with Crippen molar-refractivity contribution >= 4 is 23.2 Å². The van der Waals surface area contributed by atoms with Gasteiger partial charge in [-0.25, -0.2) is 0 Å². The summed E-state index contributed by atoms with van der Waals surface area (Å²) in [6.07, 6.45) is 0. The summed E-state index contributed by atoms with van der Waals surface area (Å²) in [5.74, 6) is 0.134. The predicted molar refractivity (Wildman–Crippen MR) is 98.2 cm³/mol. The molecule has 0 atom stereocenters. The van der Waals surface area contributed by atoms with E-state index in [1.807, 2.05) is 35.2 Å². The fourth-order valence-electron chi connectivity index (χ4n) is 2.88. The number of carbonyl (C=O) groups excluding carboxylic acids is 1. The Morgan fingerprint density at radius 1 is 1.00 bits per heavy atom. The number of carbonyl (C=O) groups is 1. The molecule has 2 aromatic carbocycles. The fraction of sp³-hybridized carbons (Fsp3) is 0.316. The smallest absolute Gasteiger partial charge is 0.241 e. The summed E-state index contributed by atoms with van der Waals surface area (Å²) in [7, 11) is 0.